The van der Waals surface area contributed by atoms with E-state index in [1.165, 1.54) is 0 Å². The average molecular weight is 138 g/mol. The van der Waals surface area contributed by atoms with Crippen molar-refractivity contribution in [3.63, 3.8) is 0 Å². The summed E-state index contributed by atoms with van der Waals surface area (Å²) in [5, 5.41) is 10.3. The Hall–Kier alpha value is 0.170. The molecular formula is C4H8ClNO2. The molecule has 0 spiro atoms. The third-order valence-electron chi connectivity index (χ3n) is 0.945. The van der Waals surface area contributed by atoms with E-state index in [-0.39, 0.29) is 0 Å². The molecule has 0 radical (unpaired) electrons. The minimum atomic E-state index is -1.46. The number of hydrogen-bond acceptors (Lipinski definition) is 3. The molecule has 0 aromatic rings. The highest BCUT2D eigenvalue weighted by Crippen LogP contribution is 2.12. The minimum absolute atomic E-state index is 0.300. The van der Waals surface area contributed by atoms with Crippen LogP contribution in [0.3, 0.4) is 0 Å². The van der Waals surface area contributed by atoms with E-state index < -0.39 is 5.25 Å². The largest absolute Gasteiger partial charge is 0.352 e. The number of alkyl halides is 1. The highest BCUT2D eigenvalue weighted by Gasteiger charge is 2.26. The molecule has 0 aliphatic carbocycles. The highest BCUT2D eigenvalue weighted by atomic mass is 35.5. The van der Waals surface area contributed by atoms with Crippen molar-refractivity contribution in [1.82, 2.24) is 5.32 Å². The maximum Gasteiger partial charge on any atom is 0.258 e. The number of hydrogen-bond donors (Lipinski definition) is 2. The van der Waals surface area contributed by atoms with Crippen molar-refractivity contribution in [3.8, 4) is 0 Å². The van der Waals surface area contributed by atoms with Gasteiger partial charge in [-0.15, -0.1) is 0 Å². The number of aliphatic hydroxyl groups is 1. The van der Waals surface area contributed by atoms with E-state index in [0.29, 0.717) is 13.2 Å². The molecule has 1 rings (SSSR count). The van der Waals surface area contributed by atoms with Gasteiger partial charge < -0.3 is 15.2 Å². The normalized spacial score (nSPS) is 39.8. The van der Waals surface area contributed by atoms with Gasteiger partial charge in [0.25, 0.3) is 5.25 Å². The van der Waals surface area contributed by atoms with Gasteiger partial charge in [-0.05, 0) is 0 Å². The topological polar surface area (TPSA) is 41.5 Å². The van der Waals surface area contributed by atoms with Crippen LogP contribution < -0.4 is 5.32 Å². The molecule has 3 nitrogen and oxygen atoms in total. The molecule has 8 heavy (non-hydrogen) atoms. The van der Waals surface area contributed by atoms with Gasteiger partial charge in [0.15, 0.2) is 0 Å². The average Bonchev–Trinajstić information content (AvgIpc) is 1.65. The van der Waals surface area contributed by atoms with Gasteiger partial charge in [-0.1, -0.05) is 11.6 Å². The molecule has 0 bridgehead atoms. The summed E-state index contributed by atoms with van der Waals surface area (Å²) >= 11 is 5.34. The molecule has 1 unspecified atom stereocenters. The fourth-order valence-corrected chi connectivity index (χ4v) is 0.745. The Morgan fingerprint density at radius 3 is 2.75 bits per heavy atom. The first-order chi connectivity index (χ1) is 3.71. The third-order valence-corrected chi connectivity index (χ3v) is 1.19. The van der Waals surface area contributed by atoms with Crippen LogP contribution in [-0.2, 0) is 4.74 Å². The summed E-state index contributed by atoms with van der Waals surface area (Å²) in [6.45, 7) is 1.53. The quantitative estimate of drug-likeness (QED) is 0.442. The first-order valence-electron chi connectivity index (χ1n) is 2.47. The lowest BCUT2D eigenvalue weighted by Gasteiger charge is -2.25. The van der Waals surface area contributed by atoms with E-state index in [0.717, 1.165) is 6.54 Å². The molecule has 1 atom stereocenters. The maximum absolute atomic E-state index is 8.86. The second-order valence-corrected chi connectivity index (χ2v) is 2.30. The Kier molecular flexibility index (Phi) is 1.72. The minimum Gasteiger partial charge on any atom is -0.352 e. The van der Waals surface area contributed by atoms with E-state index >= 15 is 0 Å². The van der Waals surface area contributed by atoms with Crippen LogP contribution >= 0.6 is 11.6 Å². The van der Waals surface area contributed by atoms with Crippen LogP contribution in [0.1, 0.15) is 0 Å². The Morgan fingerprint density at radius 2 is 2.50 bits per heavy atom. The van der Waals surface area contributed by atoms with Crippen molar-refractivity contribution in [2.45, 2.75) is 5.25 Å². The van der Waals surface area contributed by atoms with E-state index in [9.17, 15) is 0 Å². The lowest BCUT2D eigenvalue weighted by Crippen LogP contribution is -2.45. The third kappa shape index (κ3) is 1.59. The van der Waals surface area contributed by atoms with Gasteiger partial charge in [-0.3, -0.25) is 0 Å². The van der Waals surface area contributed by atoms with E-state index in [4.69, 9.17) is 21.4 Å². The summed E-state index contributed by atoms with van der Waals surface area (Å²) in [5.74, 6) is 0. The van der Waals surface area contributed by atoms with Crippen molar-refractivity contribution >= 4 is 11.6 Å². The lowest BCUT2D eigenvalue weighted by atomic mass is 10.5. The summed E-state index contributed by atoms with van der Waals surface area (Å²) in [6.07, 6.45) is 0. The number of ether oxygens (including phenoxy) is 1. The first-order valence-corrected chi connectivity index (χ1v) is 2.84. The molecule has 1 aliphatic heterocycles. The van der Waals surface area contributed by atoms with Gasteiger partial charge in [0.05, 0.1) is 13.2 Å². The standard InChI is InChI=1S/C4H8ClNO2/c5-4(7)3-6-1-2-8-4/h6-7H,1-3H2. The zero-order valence-corrected chi connectivity index (χ0v) is 5.11. The zero-order chi connectivity index (χ0) is 6.04. The fraction of sp³-hybridized carbons (Fsp3) is 1.00. The van der Waals surface area contributed by atoms with Gasteiger partial charge >= 0.3 is 0 Å². The van der Waals surface area contributed by atoms with Gasteiger partial charge in [-0.2, -0.15) is 0 Å². The van der Waals surface area contributed by atoms with Crippen LogP contribution in [0, 0.1) is 0 Å². The molecule has 1 aliphatic rings. The number of halogens is 1. The molecule has 0 aromatic carbocycles. The summed E-state index contributed by atoms with van der Waals surface area (Å²) in [6, 6.07) is 0. The van der Waals surface area contributed by atoms with Gasteiger partial charge in [0.1, 0.15) is 0 Å². The van der Waals surface area contributed by atoms with Gasteiger partial charge in [0.2, 0.25) is 0 Å². The summed E-state index contributed by atoms with van der Waals surface area (Å²) in [4.78, 5) is 0. The monoisotopic (exact) mass is 137 g/mol. The predicted molar refractivity (Wildman–Crippen MR) is 29.6 cm³/mol. The van der Waals surface area contributed by atoms with Crippen LogP contribution in [0.25, 0.3) is 0 Å². The summed E-state index contributed by atoms with van der Waals surface area (Å²) < 4.78 is 4.72. The Labute approximate surface area is 52.6 Å². The van der Waals surface area contributed by atoms with E-state index in [2.05, 4.69) is 5.32 Å². The number of β-amino-alcohol motifs (C(OH)–C–C–N with tert-alkyl or cyclic N) is 1. The van der Waals surface area contributed by atoms with Crippen molar-refractivity contribution in [1.29, 1.82) is 0 Å². The van der Waals surface area contributed by atoms with Crippen molar-refractivity contribution in [2.75, 3.05) is 19.7 Å². The van der Waals surface area contributed by atoms with Crippen molar-refractivity contribution in [2.24, 2.45) is 0 Å². The predicted octanol–water partition coefficient (Wildman–Crippen LogP) is -0.509. The molecule has 1 heterocycles. The molecular weight excluding hydrogens is 130 g/mol. The van der Waals surface area contributed by atoms with Gasteiger partial charge in [0, 0.05) is 6.54 Å². The molecule has 48 valence electrons. The van der Waals surface area contributed by atoms with Crippen LogP contribution in [-0.4, -0.2) is 30.0 Å². The molecule has 0 amide bonds. The molecule has 0 aromatic heterocycles. The summed E-state index contributed by atoms with van der Waals surface area (Å²) in [5.41, 5.74) is 0. The van der Waals surface area contributed by atoms with Crippen LogP contribution in [0.15, 0.2) is 0 Å². The Balaban J connectivity index is 2.33. The van der Waals surface area contributed by atoms with Crippen molar-refractivity contribution in [3.05, 3.63) is 0 Å². The van der Waals surface area contributed by atoms with E-state index in [1.807, 2.05) is 0 Å². The molecule has 1 saturated heterocycles. The second-order valence-electron chi connectivity index (χ2n) is 1.71. The number of nitrogens with one attached hydrogen (secondary N) is 1. The molecule has 4 heteroatoms. The van der Waals surface area contributed by atoms with Crippen molar-refractivity contribution < 1.29 is 9.84 Å². The molecule has 1 fully saturated rings. The summed E-state index contributed by atoms with van der Waals surface area (Å²) in [7, 11) is 0. The lowest BCUT2D eigenvalue weighted by molar-refractivity contribution is -0.150. The maximum atomic E-state index is 8.86. The zero-order valence-electron chi connectivity index (χ0n) is 4.35. The second kappa shape index (κ2) is 2.19. The Bertz CT molecular complexity index is 78.1. The van der Waals surface area contributed by atoms with Crippen LogP contribution in [0.5, 0.6) is 0 Å². The number of rotatable bonds is 0. The highest BCUT2D eigenvalue weighted by molar-refractivity contribution is 6.21. The number of morpholine rings is 1. The fourth-order valence-electron chi connectivity index (χ4n) is 0.573. The first kappa shape index (κ1) is 6.29. The van der Waals surface area contributed by atoms with Crippen LogP contribution in [0.2, 0.25) is 0 Å². The Morgan fingerprint density at radius 1 is 1.75 bits per heavy atom. The molecule has 0 saturated carbocycles. The van der Waals surface area contributed by atoms with Crippen LogP contribution in [0.4, 0.5) is 0 Å². The van der Waals surface area contributed by atoms with E-state index in [1.54, 1.807) is 0 Å². The molecule has 2 N–H and O–H groups in total. The SMILES string of the molecule is OC1(Cl)CNCCO1. The smallest absolute Gasteiger partial charge is 0.258 e. The van der Waals surface area contributed by atoms with Gasteiger partial charge in [-0.25, -0.2) is 0 Å².